The van der Waals surface area contributed by atoms with Crippen LogP contribution in [-0.2, 0) is 19.6 Å². The van der Waals surface area contributed by atoms with Crippen LogP contribution in [0.25, 0.3) is 0 Å². The van der Waals surface area contributed by atoms with E-state index in [1.54, 1.807) is 50.2 Å². The molecule has 3 aromatic rings. The van der Waals surface area contributed by atoms with Crippen molar-refractivity contribution in [1.29, 1.82) is 0 Å². The molecule has 3 aromatic carbocycles. The number of hydrogen-bond donors (Lipinski definition) is 1. The molecule has 0 aliphatic rings. The maximum absolute atomic E-state index is 13.5. The summed E-state index contributed by atoms with van der Waals surface area (Å²) in [7, 11) is -2.66. The number of benzene rings is 3. The Morgan fingerprint density at radius 3 is 2.34 bits per heavy atom. The topological polar surface area (TPSA) is 102 Å². The maximum atomic E-state index is 13.5. The molecule has 8 nitrogen and oxygen atoms in total. The number of nitrogens with zero attached hydrogens (tertiary/aromatic N) is 1. The van der Waals surface area contributed by atoms with Crippen LogP contribution in [0.3, 0.4) is 0 Å². The Kier molecular flexibility index (Phi) is 8.37. The van der Waals surface area contributed by atoms with Crippen molar-refractivity contribution >= 4 is 44.9 Å². The molecule has 0 spiro atoms. The largest absolute Gasteiger partial charge is 0.497 e. The molecule has 184 valence electrons. The Labute approximate surface area is 209 Å². The van der Waals surface area contributed by atoms with Crippen LogP contribution in [-0.4, -0.2) is 40.6 Å². The number of amides is 1. The Morgan fingerprint density at radius 1 is 1.03 bits per heavy atom. The second-order valence-corrected chi connectivity index (χ2v) is 9.71. The van der Waals surface area contributed by atoms with Crippen LogP contribution in [0.2, 0.25) is 5.02 Å². The van der Waals surface area contributed by atoms with Gasteiger partial charge in [-0.2, -0.15) is 0 Å². The Balaban J connectivity index is 1.93. The molecule has 10 heteroatoms. The minimum Gasteiger partial charge on any atom is -0.497 e. The van der Waals surface area contributed by atoms with Gasteiger partial charge in [0.25, 0.3) is 10.0 Å². The van der Waals surface area contributed by atoms with Gasteiger partial charge in [0.05, 0.1) is 29.9 Å². The van der Waals surface area contributed by atoms with Crippen molar-refractivity contribution in [3.05, 3.63) is 82.9 Å². The van der Waals surface area contributed by atoms with Crippen molar-refractivity contribution in [3.8, 4) is 5.75 Å². The molecule has 35 heavy (non-hydrogen) atoms. The predicted octanol–water partition coefficient (Wildman–Crippen LogP) is 4.67. The summed E-state index contributed by atoms with van der Waals surface area (Å²) in [5, 5.41) is 3.01. The van der Waals surface area contributed by atoms with Crippen molar-refractivity contribution in [2.24, 2.45) is 0 Å². The van der Waals surface area contributed by atoms with Crippen LogP contribution in [0, 0.1) is 6.92 Å². The van der Waals surface area contributed by atoms with Crippen LogP contribution in [0.5, 0.6) is 5.75 Å². The number of carbonyl (C=O) groups excluding carboxylic acids is 2. The van der Waals surface area contributed by atoms with Crippen molar-refractivity contribution in [2.75, 3.05) is 29.9 Å². The van der Waals surface area contributed by atoms with E-state index >= 15 is 0 Å². The summed E-state index contributed by atoms with van der Waals surface area (Å²) >= 11 is 6.10. The Hall–Kier alpha value is -3.56. The number of anilines is 2. The number of sulfonamides is 1. The highest BCUT2D eigenvalue weighted by atomic mass is 35.5. The molecule has 0 fully saturated rings. The van der Waals surface area contributed by atoms with Crippen LogP contribution < -0.4 is 14.4 Å². The van der Waals surface area contributed by atoms with E-state index in [2.05, 4.69) is 5.32 Å². The van der Waals surface area contributed by atoms with Crippen LogP contribution >= 0.6 is 11.6 Å². The molecule has 0 aliphatic carbocycles. The van der Waals surface area contributed by atoms with Gasteiger partial charge in [0.2, 0.25) is 5.91 Å². The predicted molar refractivity (Wildman–Crippen MR) is 135 cm³/mol. The highest BCUT2D eigenvalue weighted by Crippen LogP contribution is 2.28. The summed E-state index contributed by atoms with van der Waals surface area (Å²) in [5.41, 5.74) is 1.41. The van der Waals surface area contributed by atoms with Gasteiger partial charge < -0.3 is 14.8 Å². The number of rotatable bonds is 9. The van der Waals surface area contributed by atoms with Crippen molar-refractivity contribution in [2.45, 2.75) is 18.7 Å². The van der Waals surface area contributed by atoms with Gasteiger partial charge in [0.1, 0.15) is 12.3 Å². The molecule has 0 radical (unpaired) electrons. The number of nitrogens with one attached hydrogen (secondary N) is 1. The summed E-state index contributed by atoms with van der Waals surface area (Å²) in [5.74, 6) is -0.622. The first kappa shape index (κ1) is 26.1. The molecule has 0 saturated carbocycles. The van der Waals surface area contributed by atoms with Crippen molar-refractivity contribution in [3.63, 3.8) is 0 Å². The van der Waals surface area contributed by atoms with Gasteiger partial charge >= 0.3 is 5.97 Å². The summed E-state index contributed by atoms with van der Waals surface area (Å²) in [4.78, 5) is 25.2. The smallest absolute Gasteiger partial charge is 0.338 e. The third-order valence-electron chi connectivity index (χ3n) is 5.13. The number of halogens is 1. The molecule has 0 heterocycles. The first-order valence-corrected chi connectivity index (χ1v) is 12.5. The van der Waals surface area contributed by atoms with E-state index in [4.69, 9.17) is 21.1 Å². The van der Waals surface area contributed by atoms with E-state index in [1.807, 2.05) is 0 Å². The second kappa shape index (κ2) is 11.2. The molecule has 1 N–H and O–H groups in total. The zero-order chi connectivity index (χ0) is 25.6. The van der Waals surface area contributed by atoms with E-state index < -0.39 is 28.4 Å². The van der Waals surface area contributed by atoms with Gasteiger partial charge in [-0.05, 0) is 74.0 Å². The zero-order valence-corrected chi connectivity index (χ0v) is 21.0. The quantitative estimate of drug-likeness (QED) is 0.415. The average molecular weight is 517 g/mol. The van der Waals surface area contributed by atoms with Gasteiger partial charge in [-0.1, -0.05) is 23.7 Å². The van der Waals surface area contributed by atoms with E-state index in [0.717, 1.165) is 4.31 Å². The number of esters is 1. The number of carbonyl (C=O) groups is 2. The van der Waals surface area contributed by atoms with Crippen molar-refractivity contribution < 1.29 is 27.5 Å². The standard InChI is InChI=1S/C25H25ClN2O6S/c1-4-34-25(30)22-9-6-10-23(17(22)2)27-24(29)16-28(19-8-5-7-18(26)15-19)35(31,32)21-13-11-20(33-3)12-14-21/h5-15H,4,16H2,1-3H3,(H,27,29). The molecular weight excluding hydrogens is 492 g/mol. The lowest BCUT2D eigenvalue weighted by molar-refractivity contribution is -0.114. The zero-order valence-electron chi connectivity index (χ0n) is 19.4. The first-order chi connectivity index (χ1) is 16.7. The first-order valence-electron chi connectivity index (χ1n) is 10.7. The van der Waals surface area contributed by atoms with Gasteiger partial charge in [-0.15, -0.1) is 0 Å². The summed E-state index contributed by atoms with van der Waals surface area (Å²) in [6.07, 6.45) is 0. The second-order valence-electron chi connectivity index (χ2n) is 7.41. The van der Waals surface area contributed by atoms with Gasteiger partial charge in [0, 0.05) is 10.7 Å². The molecule has 0 aliphatic heterocycles. The van der Waals surface area contributed by atoms with Crippen molar-refractivity contribution in [1.82, 2.24) is 0 Å². The minimum atomic E-state index is -4.14. The minimum absolute atomic E-state index is 0.0217. The lowest BCUT2D eigenvalue weighted by atomic mass is 10.1. The van der Waals surface area contributed by atoms with Crippen LogP contribution in [0.4, 0.5) is 11.4 Å². The fourth-order valence-corrected chi connectivity index (χ4v) is 4.94. The van der Waals surface area contributed by atoms with Crippen LogP contribution in [0.15, 0.2) is 71.6 Å². The Morgan fingerprint density at radius 2 is 1.71 bits per heavy atom. The fraction of sp³-hybridized carbons (Fsp3) is 0.200. The summed E-state index contributed by atoms with van der Waals surface area (Å²) < 4.78 is 38.2. The number of hydrogen-bond acceptors (Lipinski definition) is 6. The van der Waals surface area contributed by atoms with E-state index in [9.17, 15) is 18.0 Å². The van der Waals surface area contributed by atoms with E-state index in [-0.39, 0.29) is 17.2 Å². The molecule has 0 unspecified atom stereocenters. The fourth-order valence-electron chi connectivity index (χ4n) is 3.34. The highest BCUT2D eigenvalue weighted by Gasteiger charge is 2.28. The average Bonchev–Trinajstić information content (AvgIpc) is 2.84. The SMILES string of the molecule is CCOC(=O)c1cccc(NC(=O)CN(c2cccc(Cl)c2)S(=O)(=O)c2ccc(OC)cc2)c1C. The molecule has 1 amide bonds. The summed E-state index contributed by atoms with van der Waals surface area (Å²) in [6.45, 7) is 3.06. The monoisotopic (exact) mass is 516 g/mol. The maximum Gasteiger partial charge on any atom is 0.338 e. The van der Waals surface area contributed by atoms with E-state index in [0.29, 0.717) is 27.6 Å². The number of methoxy groups -OCH3 is 1. The van der Waals surface area contributed by atoms with Crippen LogP contribution in [0.1, 0.15) is 22.8 Å². The molecule has 3 rings (SSSR count). The van der Waals surface area contributed by atoms with Gasteiger partial charge in [-0.3, -0.25) is 9.10 Å². The molecule has 0 saturated heterocycles. The van der Waals surface area contributed by atoms with Gasteiger partial charge in [-0.25, -0.2) is 13.2 Å². The summed E-state index contributed by atoms with van der Waals surface area (Å²) in [6, 6.07) is 16.9. The normalized spacial score (nSPS) is 11.0. The Bertz CT molecular complexity index is 1330. The third kappa shape index (κ3) is 6.12. The highest BCUT2D eigenvalue weighted by molar-refractivity contribution is 7.92. The lowest BCUT2D eigenvalue weighted by Crippen LogP contribution is -2.38. The third-order valence-corrected chi connectivity index (χ3v) is 7.16. The molecule has 0 aromatic heterocycles. The molecular formula is C25H25ClN2O6S. The molecule has 0 bridgehead atoms. The van der Waals surface area contributed by atoms with E-state index in [1.165, 1.54) is 37.4 Å². The lowest BCUT2D eigenvalue weighted by Gasteiger charge is -2.24. The van der Waals surface area contributed by atoms with Gasteiger partial charge in [0.15, 0.2) is 0 Å². The molecule has 0 atom stereocenters. The number of ether oxygens (including phenoxy) is 2.